The maximum Gasteiger partial charge on any atom is 0.247 e. The predicted octanol–water partition coefficient (Wildman–Crippen LogP) is 3.14. The van der Waals surface area contributed by atoms with Crippen LogP contribution in [0.4, 0.5) is 0 Å². The molecule has 8 nitrogen and oxygen atoms in total. The summed E-state index contributed by atoms with van der Waals surface area (Å²) >= 11 is 2.18. The average Bonchev–Trinajstić information content (AvgIpc) is 2.91. The molecule has 4 aliphatic carbocycles. The zero-order valence-electron chi connectivity index (χ0n) is 22.6. The Morgan fingerprint density at radius 1 is 1.24 bits per heavy atom. The number of carbonyl (C=O) groups is 2. The third kappa shape index (κ3) is 6.21. The number of methoxy groups -OCH3 is 1. The van der Waals surface area contributed by atoms with E-state index in [9.17, 15) is 19.8 Å². The van der Waals surface area contributed by atoms with Crippen molar-refractivity contribution in [2.75, 3.05) is 33.4 Å². The van der Waals surface area contributed by atoms with E-state index in [2.05, 4.69) is 41.8 Å². The highest BCUT2D eigenvalue weighted by Gasteiger charge is 2.55. The van der Waals surface area contributed by atoms with Gasteiger partial charge in [-0.25, -0.2) is 0 Å². The molecule has 0 unspecified atom stereocenters. The molecule has 0 heterocycles. The summed E-state index contributed by atoms with van der Waals surface area (Å²) in [7, 11) is 1.57. The Hall–Kier alpha value is -1.69. The Morgan fingerprint density at radius 3 is 2.66 bits per heavy atom. The van der Waals surface area contributed by atoms with Gasteiger partial charge in [-0.05, 0) is 83.2 Å². The first-order valence-corrected chi connectivity index (χ1v) is 14.7. The van der Waals surface area contributed by atoms with Gasteiger partial charge < -0.3 is 29.9 Å². The summed E-state index contributed by atoms with van der Waals surface area (Å²) in [6, 6.07) is 6.89. The molecular weight excluding hydrogens is 599 g/mol. The van der Waals surface area contributed by atoms with Gasteiger partial charge in [-0.2, -0.15) is 0 Å². The minimum Gasteiger partial charge on any atom is -0.482 e. The van der Waals surface area contributed by atoms with Crippen molar-refractivity contribution in [3.05, 3.63) is 39.5 Å². The van der Waals surface area contributed by atoms with Crippen LogP contribution in [0.15, 0.2) is 35.9 Å². The van der Waals surface area contributed by atoms with Crippen molar-refractivity contribution in [1.82, 2.24) is 10.2 Å². The van der Waals surface area contributed by atoms with Crippen molar-refractivity contribution in [1.29, 1.82) is 0 Å². The Bertz CT molecular complexity index is 1030. The van der Waals surface area contributed by atoms with Crippen LogP contribution in [-0.4, -0.2) is 78.6 Å². The predicted molar refractivity (Wildman–Crippen MR) is 152 cm³/mol. The maximum atomic E-state index is 13.6. The van der Waals surface area contributed by atoms with Gasteiger partial charge in [0.05, 0.1) is 29.2 Å². The number of nitrogens with zero attached hydrogens (tertiary/aromatic N) is 1. The van der Waals surface area contributed by atoms with Gasteiger partial charge in [0.1, 0.15) is 18.0 Å². The number of amides is 2. The van der Waals surface area contributed by atoms with E-state index < -0.39 is 18.2 Å². The van der Waals surface area contributed by atoms with Crippen molar-refractivity contribution in [2.45, 2.75) is 64.2 Å². The molecule has 38 heavy (non-hydrogen) atoms. The molecule has 1 aromatic carbocycles. The average molecular weight is 641 g/mol. The van der Waals surface area contributed by atoms with E-state index in [4.69, 9.17) is 9.47 Å². The minimum absolute atomic E-state index is 0.0831. The van der Waals surface area contributed by atoms with Crippen LogP contribution < -0.4 is 10.1 Å². The number of hydrogen-bond acceptors (Lipinski definition) is 6. The number of fused-ring (bicyclic) bond motifs is 2. The van der Waals surface area contributed by atoms with E-state index in [-0.39, 0.29) is 43.2 Å². The Kier molecular flexibility index (Phi) is 9.76. The smallest absolute Gasteiger partial charge is 0.247 e. The topological polar surface area (TPSA) is 108 Å². The standard InChI is InChI=1S/C29H41IN2O6/c1-29(2)20-9-8-18(21(29)16-20)17-32(26(34)10-13-37-3)23-14-19(28(36)31-11-12-33)15-25(27(23)35)38-24-7-5-4-6-22(24)30/h4-7,15,18,20-21,23,25,27,33,35H,8-14,16-17H2,1-3H3,(H,31,36)/t18-,20-,21-,23+,25-,27-/m0/s1. The molecule has 2 amide bonds. The number of aliphatic hydroxyl groups is 2. The molecule has 2 bridgehead atoms. The van der Waals surface area contributed by atoms with Gasteiger partial charge in [0, 0.05) is 32.2 Å². The van der Waals surface area contributed by atoms with E-state index in [1.807, 2.05) is 29.2 Å². The summed E-state index contributed by atoms with van der Waals surface area (Å²) in [5.74, 6) is 1.84. The zero-order valence-corrected chi connectivity index (χ0v) is 24.7. The first-order valence-electron chi connectivity index (χ1n) is 13.6. The number of hydrogen-bond donors (Lipinski definition) is 3. The van der Waals surface area contributed by atoms with Gasteiger partial charge >= 0.3 is 0 Å². The molecule has 0 radical (unpaired) electrons. The number of nitrogens with one attached hydrogen (secondary N) is 1. The molecule has 4 aliphatic rings. The van der Waals surface area contributed by atoms with E-state index in [1.54, 1.807) is 13.2 Å². The lowest BCUT2D eigenvalue weighted by atomic mass is 9.45. The molecule has 6 atom stereocenters. The van der Waals surface area contributed by atoms with Crippen LogP contribution in [0.1, 0.15) is 46.0 Å². The molecule has 3 N–H and O–H groups in total. The zero-order chi connectivity index (χ0) is 27.4. The normalized spacial score (nSPS) is 29.6. The van der Waals surface area contributed by atoms with Crippen LogP contribution in [0, 0.1) is 26.7 Å². The van der Waals surface area contributed by atoms with Crippen LogP contribution in [0.5, 0.6) is 5.75 Å². The Balaban J connectivity index is 1.63. The van der Waals surface area contributed by atoms with Gasteiger partial charge in [0.2, 0.25) is 11.8 Å². The third-order valence-corrected chi connectivity index (χ3v) is 9.88. The van der Waals surface area contributed by atoms with E-state index in [0.29, 0.717) is 36.3 Å². The van der Waals surface area contributed by atoms with Gasteiger partial charge in [0.15, 0.2) is 0 Å². The molecule has 0 spiro atoms. The molecule has 0 aliphatic heterocycles. The number of aliphatic hydroxyl groups excluding tert-OH is 2. The van der Waals surface area contributed by atoms with E-state index >= 15 is 0 Å². The first kappa shape index (κ1) is 29.3. The Morgan fingerprint density at radius 2 is 2.00 bits per heavy atom. The second kappa shape index (κ2) is 12.7. The molecule has 1 aromatic rings. The fraction of sp³-hybridized carbons (Fsp3) is 0.655. The first-order chi connectivity index (χ1) is 18.2. The van der Waals surface area contributed by atoms with E-state index in [0.717, 1.165) is 22.3 Å². The van der Waals surface area contributed by atoms with E-state index in [1.165, 1.54) is 6.42 Å². The summed E-state index contributed by atoms with van der Waals surface area (Å²) in [5, 5.41) is 23.6. The van der Waals surface area contributed by atoms with Crippen molar-refractivity contribution in [3.63, 3.8) is 0 Å². The SMILES string of the molecule is COCCC(=O)N(C[C@@H]1CC[C@H]2C[C@@H]1C2(C)C)[C@@H]1CC(C(=O)NCCO)=C[C@H](Oc2ccccc2I)[C@H]1O. The lowest BCUT2D eigenvalue weighted by Gasteiger charge is -2.61. The molecule has 5 rings (SSSR count). The molecule has 3 fully saturated rings. The highest BCUT2D eigenvalue weighted by atomic mass is 127. The summed E-state index contributed by atoms with van der Waals surface area (Å²) in [5.41, 5.74) is 0.710. The van der Waals surface area contributed by atoms with Crippen LogP contribution in [0.2, 0.25) is 0 Å². The number of halogens is 1. The number of para-hydroxylation sites is 1. The van der Waals surface area contributed by atoms with Crippen molar-refractivity contribution < 1.29 is 29.3 Å². The highest BCUT2D eigenvalue weighted by Crippen LogP contribution is 2.61. The maximum absolute atomic E-state index is 13.6. The van der Waals surface area contributed by atoms with Crippen LogP contribution in [0.25, 0.3) is 0 Å². The van der Waals surface area contributed by atoms with Crippen LogP contribution >= 0.6 is 22.6 Å². The molecule has 210 valence electrons. The molecule has 0 saturated heterocycles. The summed E-state index contributed by atoms with van der Waals surface area (Å²) in [6.07, 6.45) is 3.68. The van der Waals surface area contributed by atoms with Gasteiger partial charge in [-0.3, -0.25) is 9.59 Å². The second-order valence-corrected chi connectivity index (χ2v) is 12.6. The van der Waals surface area contributed by atoms with Gasteiger partial charge in [-0.1, -0.05) is 26.0 Å². The molecule has 9 heteroatoms. The lowest BCUT2D eigenvalue weighted by Crippen LogP contribution is -2.59. The van der Waals surface area contributed by atoms with Crippen molar-refractivity contribution in [3.8, 4) is 5.75 Å². The Labute approximate surface area is 239 Å². The number of ether oxygens (including phenoxy) is 2. The van der Waals surface area contributed by atoms with Crippen molar-refractivity contribution in [2.24, 2.45) is 23.2 Å². The third-order valence-electron chi connectivity index (χ3n) is 8.99. The van der Waals surface area contributed by atoms with Crippen molar-refractivity contribution >= 4 is 34.4 Å². The number of carbonyl (C=O) groups excluding carboxylic acids is 2. The second-order valence-electron chi connectivity index (χ2n) is 11.4. The minimum atomic E-state index is -1.02. The van der Waals surface area contributed by atoms with Gasteiger partial charge in [-0.15, -0.1) is 0 Å². The monoisotopic (exact) mass is 640 g/mol. The molecule has 3 saturated carbocycles. The molecule has 0 aromatic heterocycles. The lowest BCUT2D eigenvalue weighted by molar-refractivity contribution is -0.148. The summed E-state index contributed by atoms with van der Waals surface area (Å²) in [4.78, 5) is 28.4. The quantitative estimate of drug-likeness (QED) is 0.321. The largest absolute Gasteiger partial charge is 0.482 e. The number of rotatable bonds is 11. The number of benzene rings is 1. The van der Waals surface area contributed by atoms with Crippen LogP contribution in [0.3, 0.4) is 0 Å². The van der Waals surface area contributed by atoms with Crippen LogP contribution in [-0.2, 0) is 14.3 Å². The van der Waals surface area contributed by atoms with Gasteiger partial charge in [0.25, 0.3) is 0 Å². The molecular formula is C29H41IN2O6. The fourth-order valence-corrected chi connectivity index (χ4v) is 7.17. The fourth-order valence-electron chi connectivity index (χ4n) is 6.66. The highest BCUT2D eigenvalue weighted by molar-refractivity contribution is 14.1. The summed E-state index contributed by atoms with van der Waals surface area (Å²) in [6.45, 7) is 5.47. The summed E-state index contributed by atoms with van der Waals surface area (Å²) < 4.78 is 12.3.